The van der Waals surface area contributed by atoms with Crippen LogP contribution in [-0.4, -0.2) is 39.5 Å². The average Bonchev–Trinajstić information content (AvgIpc) is 2.01. The molecule has 0 aromatic heterocycles. The predicted octanol–water partition coefficient (Wildman–Crippen LogP) is -2.76. The van der Waals surface area contributed by atoms with Crippen LogP contribution in [-0.2, 0) is 3.74 Å². The molecule has 0 aliphatic rings. The fraction of sp³-hybridized carbons (Fsp3) is 0.143. The van der Waals surface area contributed by atoms with Crippen molar-refractivity contribution in [3.05, 3.63) is 23.8 Å². The van der Waals surface area contributed by atoms with Gasteiger partial charge >= 0.3 is 83.8 Å². The molecule has 0 saturated carbocycles. The van der Waals surface area contributed by atoms with E-state index in [1.165, 1.54) is 25.1 Å². The van der Waals surface area contributed by atoms with Crippen LogP contribution in [0, 0.1) is 6.92 Å². The molecule has 1 rings (SSSR count). The second-order valence-electron chi connectivity index (χ2n) is 2.93. The molecule has 0 bridgehead atoms. The van der Waals surface area contributed by atoms with Crippen molar-refractivity contribution in [1.29, 1.82) is 0 Å². The third-order valence-electron chi connectivity index (χ3n) is 1.84. The standard InChI is InChI=1S/C7H10AsBO5/c1-5-3-2-4-6(9(13)14)7(5)8(10,11)12/h2-4,13-14H,1H3,(H2,10,11,12). The van der Waals surface area contributed by atoms with Gasteiger partial charge in [0.05, 0.1) is 0 Å². The van der Waals surface area contributed by atoms with E-state index >= 15 is 0 Å². The van der Waals surface area contributed by atoms with Crippen LogP contribution in [0.2, 0.25) is 0 Å². The number of benzene rings is 1. The van der Waals surface area contributed by atoms with Crippen LogP contribution in [0.1, 0.15) is 5.56 Å². The minimum absolute atomic E-state index is 0.127. The maximum absolute atomic E-state index is 11.1. The zero-order valence-electron chi connectivity index (χ0n) is 7.45. The molecule has 14 heavy (non-hydrogen) atoms. The van der Waals surface area contributed by atoms with E-state index in [4.69, 9.17) is 18.2 Å². The fourth-order valence-electron chi connectivity index (χ4n) is 1.29. The molecule has 0 spiro atoms. The van der Waals surface area contributed by atoms with Crippen molar-refractivity contribution in [2.45, 2.75) is 6.92 Å². The van der Waals surface area contributed by atoms with Crippen LogP contribution in [0.5, 0.6) is 0 Å². The van der Waals surface area contributed by atoms with E-state index in [0.717, 1.165) is 0 Å². The Morgan fingerprint density at radius 1 is 1.29 bits per heavy atom. The van der Waals surface area contributed by atoms with Gasteiger partial charge in [-0.25, -0.2) is 0 Å². The van der Waals surface area contributed by atoms with E-state index in [1.807, 2.05) is 0 Å². The summed E-state index contributed by atoms with van der Waals surface area (Å²) in [6.45, 7) is 1.52. The van der Waals surface area contributed by atoms with E-state index in [2.05, 4.69) is 0 Å². The summed E-state index contributed by atoms with van der Waals surface area (Å²) in [5.41, 5.74) is 0.237. The van der Waals surface area contributed by atoms with Gasteiger partial charge in [-0.15, -0.1) is 0 Å². The minimum atomic E-state index is -5.10. The van der Waals surface area contributed by atoms with Gasteiger partial charge in [-0.2, -0.15) is 0 Å². The third-order valence-corrected chi connectivity index (χ3v) is 4.34. The van der Waals surface area contributed by atoms with Crippen molar-refractivity contribution in [3.8, 4) is 0 Å². The second kappa shape index (κ2) is 3.92. The number of rotatable bonds is 2. The van der Waals surface area contributed by atoms with Crippen molar-refractivity contribution >= 4 is 31.1 Å². The summed E-state index contributed by atoms with van der Waals surface area (Å²) in [5, 5.41) is 17.8. The molecule has 0 aliphatic heterocycles. The molecule has 1 aromatic carbocycles. The van der Waals surface area contributed by atoms with Gasteiger partial charge in [-0.1, -0.05) is 0 Å². The molecule has 0 saturated heterocycles. The molecular weight excluding hydrogens is 250 g/mol. The Labute approximate surface area is 84.2 Å². The number of aryl methyl sites for hydroxylation is 1. The van der Waals surface area contributed by atoms with E-state index in [1.54, 1.807) is 0 Å². The normalized spacial score (nSPS) is 11.5. The van der Waals surface area contributed by atoms with Crippen molar-refractivity contribution in [3.63, 3.8) is 0 Å². The molecule has 0 amide bonds. The Hall–Kier alpha value is -0.517. The molecule has 0 radical (unpaired) electrons. The second-order valence-corrected chi connectivity index (χ2v) is 6.15. The first kappa shape index (κ1) is 11.6. The quantitative estimate of drug-likeness (QED) is 0.432. The van der Waals surface area contributed by atoms with Gasteiger partial charge in [0.1, 0.15) is 0 Å². The SMILES string of the molecule is Cc1cccc(B(O)O)c1[As](=O)(O)O. The van der Waals surface area contributed by atoms with Crippen LogP contribution < -0.4 is 9.81 Å². The molecule has 7 heteroatoms. The molecule has 0 aliphatic carbocycles. The van der Waals surface area contributed by atoms with Gasteiger partial charge in [0.2, 0.25) is 0 Å². The Morgan fingerprint density at radius 2 is 1.86 bits per heavy atom. The van der Waals surface area contributed by atoms with Gasteiger partial charge in [-0.05, 0) is 0 Å². The summed E-state index contributed by atoms with van der Waals surface area (Å²) >= 11 is -5.10. The molecule has 5 nitrogen and oxygen atoms in total. The van der Waals surface area contributed by atoms with Crippen LogP contribution in [0.25, 0.3) is 0 Å². The number of hydrogen-bond donors (Lipinski definition) is 4. The summed E-state index contributed by atoms with van der Waals surface area (Å²) in [7, 11) is -1.86. The predicted molar refractivity (Wildman–Crippen MR) is 51.5 cm³/mol. The zero-order chi connectivity index (χ0) is 10.9. The molecule has 1 aromatic rings. The van der Waals surface area contributed by atoms with E-state index in [0.29, 0.717) is 5.56 Å². The first-order chi connectivity index (χ1) is 6.34. The Morgan fingerprint density at radius 3 is 2.21 bits per heavy atom. The first-order valence-electron chi connectivity index (χ1n) is 3.86. The monoisotopic (exact) mass is 260 g/mol. The fourth-order valence-corrected chi connectivity index (χ4v) is 3.51. The summed E-state index contributed by atoms with van der Waals surface area (Å²) in [5.74, 6) is 0. The average molecular weight is 260 g/mol. The van der Waals surface area contributed by atoms with Gasteiger partial charge in [0.15, 0.2) is 0 Å². The Balaban J connectivity index is 3.46. The Bertz CT molecular complexity index is 386. The van der Waals surface area contributed by atoms with Gasteiger partial charge in [0, 0.05) is 0 Å². The molecule has 0 heterocycles. The molecule has 0 atom stereocenters. The van der Waals surface area contributed by atoms with Crippen LogP contribution in [0.3, 0.4) is 0 Å². The first-order valence-corrected chi connectivity index (χ1v) is 7.24. The van der Waals surface area contributed by atoms with E-state index < -0.39 is 21.3 Å². The summed E-state index contributed by atoms with van der Waals surface area (Å²) in [6.07, 6.45) is 0. The van der Waals surface area contributed by atoms with Crippen LogP contribution in [0.4, 0.5) is 0 Å². The zero-order valence-corrected chi connectivity index (χ0v) is 9.33. The van der Waals surface area contributed by atoms with Crippen molar-refractivity contribution in [1.82, 2.24) is 0 Å². The topological polar surface area (TPSA) is 98.0 Å². The van der Waals surface area contributed by atoms with Gasteiger partial charge in [-0.3, -0.25) is 0 Å². The van der Waals surface area contributed by atoms with Crippen LogP contribution in [0.15, 0.2) is 18.2 Å². The van der Waals surface area contributed by atoms with Crippen LogP contribution >= 0.6 is 0 Å². The van der Waals surface area contributed by atoms with Gasteiger partial charge < -0.3 is 0 Å². The molecule has 0 fully saturated rings. The van der Waals surface area contributed by atoms with Crippen molar-refractivity contribution in [2.24, 2.45) is 0 Å². The Kier molecular flexibility index (Phi) is 3.24. The number of hydrogen-bond acceptors (Lipinski definition) is 3. The molecule has 4 N–H and O–H groups in total. The van der Waals surface area contributed by atoms with Crippen molar-refractivity contribution in [2.75, 3.05) is 0 Å². The summed E-state index contributed by atoms with van der Waals surface area (Å²) < 4.78 is 29.0. The van der Waals surface area contributed by atoms with Gasteiger partial charge in [0.25, 0.3) is 0 Å². The van der Waals surface area contributed by atoms with E-state index in [9.17, 15) is 3.74 Å². The van der Waals surface area contributed by atoms with E-state index in [-0.39, 0.29) is 9.81 Å². The molecule has 0 unspecified atom stereocenters. The van der Waals surface area contributed by atoms with Crippen molar-refractivity contribution < 1.29 is 22.0 Å². The maximum atomic E-state index is 11.1. The molecule has 76 valence electrons. The third kappa shape index (κ3) is 2.29. The summed E-state index contributed by atoms with van der Waals surface area (Å²) in [6, 6.07) is 4.31. The molecular formula is C7H10AsBO5. The summed E-state index contributed by atoms with van der Waals surface area (Å²) in [4.78, 5) is 0.